The molecule has 3 rings (SSSR count). The maximum atomic E-state index is 11.8. The Morgan fingerprint density at radius 3 is 2.50 bits per heavy atom. The summed E-state index contributed by atoms with van der Waals surface area (Å²) in [6, 6.07) is 1.37. The summed E-state index contributed by atoms with van der Waals surface area (Å²) in [6.45, 7) is 14.4. The molecule has 0 radical (unpaired) electrons. The van der Waals surface area contributed by atoms with E-state index in [4.69, 9.17) is 0 Å². The van der Waals surface area contributed by atoms with Crippen LogP contribution in [0, 0.1) is 23.7 Å². The average Bonchev–Trinajstić information content (AvgIpc) is 2.60. The molecule has 5 unspecified atom stereocenters. The molecule has 3 aliphatic heterocycles. The van der Waals surface area contributed by atoms with Crippen LogP contribution in [0.3, 0.4) is 0 Å². The van der Waals surface area contributed by atoms with Crippen LogP contribution in [-0.2, 0) is 4.79 Å². The molecule has 0 aromatic heterocycles. The Kier molecular flexibility index (Phi) is 6.66. The summed E-state index contributed by atoms with van der Waals surface area (Å²) in [5.74, 6) is 3.48. The fraction of sp³-hybridized carbons (Fsp3) is 0.955. The van der Waals surface area contributed by atoms with Gasteiger partial charge in [-0.3, -0.25) is 14.6 Å². The molecule has 0 N–H and O–H groups in total. The molecular formula is C22H41N3O. The molecule has 0 aromatic rings. The maximum absolute atomic E-state index is 11.8. The van der Waals surface area contributed by atoms with Gasteiger partial charge in [0.1, 0.15) is 0 Å². The highest BCUT2D eigenvalue weighted by molar-refractivity contribution is 5.73. The van der Waals surface area contributed by atoms with Crippen LogP contribution in [0.4, 0.5) is 0 Å². The molecule has 4 heteroatoms. The van der Waals surface area contributed by atoms with E-state index in [1.54, 1.807) is 6.92 Å². The number of hydrogen-bond donors (Lipinski definition) is 0. The van der Waals surface area contributed by atoms with Gasteiger partial charge in [0.15, 0.2) is 0 Å². The molecule has 5 atom stereocenters. The van der Waals surface area contributed by atoms with Crippen molar-refractivity contribution < 1.29 is 4.79 Å². The first-order valence-corrected chi connectivity index (χ1v) is 11.1. The van der Waals surface area contributed by atoms with Gasteiger partial charge in [-0.15, -0.1) is 0 Å². The lowest BCUT2D eigenvalue weighted by Crippen LogP contribution is -2.56. The fourth-order valence-electron chi connectivity index (χ4n) is 6.07. The zero-order valence-electron chi connectivity index (χ0n) is 17.8. The summed E-state index contributed by atoms with van der Waals surface area (Å²) < 4.78 is 0. The smallest absolute Gasteiger partial charge is 0.219 e. The number of piperidine rings is 2. The number of hydrogen-bond acceptors (Lipinski definition) is 3. The summed E-state index contributed by atoms with van der Waals surface area (Å²) in [5, 5.41) is 0. The van der Waals surface area contributed by atoms with Crippen LogP contribution in [-0.4, -0.2) is 72.5 Å². The third-order valence-electron chi connectivity index (χ3n) is 7.67. The van der Waals surface area contributed by atoms with E-state index in [-0.39, 0.29) is 5.91 Å². The first kappa shape index (κ1) is 20.1. The number of carbonyl (C=O) groups is 1. The van der Waals surface area contributed by atoms with E-state index < -0.39 is 0 Å². The lowest BCUT2D eigenvalue weighted by molar-refractivity contribution is -0.132. The Morgan fingerprint density at radius 2 is 1.81 bits per heavy atom. The minimum absolute atomic E-state index is 0.240. The predicted molar refractivity (Wildman–Crippen MR) is 108 cm³/mol. The second kappa shape index (κ2) is 8.60. The van der Waals surface area contributed by atoms with Crippen LogP contribution in [0.2, 0.25) is 0 Å². The van der Waals surface area contributed by atoms with Gasteiger partial charge in [0.2, 0.25) is 5.91 Å². The van der Waals surface area contributed by atoms with E-state index in [9.17, 15) is 4.79 Å². The van der Waals surface area contributed by atoms with Crippen molar-refractivity contribution in [3.8, 4) is 0 Å². The second-order valence-corrected chi connectivity index (χ2v) is 9.78. The Hall–Kier alpha value is -0.610. The molecule has 3 saturated heterocycles. The maximum Gasteiger partial charge on any atom is 0.219 e. The Labute approximate surface area is 161 Å². The second-order valence-electron chi connectivity index (χ2n) is 9.78. The summed E-state index contributed by atoms with van der Waals surface area (Å²) >= 11 is 0. The van der Waals surface area contributed by atoms with Crippen molar-refractivity contribution in [2.24, 2.45) is 23.7 Å². The van der Waals surface area contributed by atoms with Crippen LogP contribution < -0.4 is 0 Å². The lowest BCUT2D eigenvalue weighted by atomic mass is 9.74. The van der Waals surface area contributed by atoms with Gasteiger partial charge in [-0.1, -0.05) is 20.8 Å². The molecule has 0 bridgehead atoms. The minimum Gasteiger partial charge on any atom is -0.340 e. The van der Waals surface area contributed by atoms with Crippen molar-refractivity contribution in [2.45, 2.75) is 71.9 Å². The minimum atomic E-state index is 0.240. The Balaban J connectivity index is 1.55. The van der Waals surface area contributed by atoms with Crippen LogP contribution in [0.15, 0.2) is 0 Å². The van der Waals surface area contributed by atoms with Crippen molar-refractivity contribution >= 4 is 5.91 Å². The number of carbonyl (C=O) groups excluding carboxylic acids is 1. The van der Waals surface area contributed by atoms with Crippen molar-refractivity contribution in [2.75, 3.05) is 39.8 Å². The first-order chi connectivity index (χ1) is 12.4. The molecule has 26 heavy (non-hydrogen) atoms. The van der Waals surface area contributed by atoms with E-state index in [0.29, 0.717) is 12.0 Å². The Morgan fingerprint density at radius 1 is 1.04 bits per heavy atom. The molecule has 3 fully saturated rings. The molecule has 1 amide bonds. The van der Waals surface area contributed by atoms with Crippen molar-refractivity contribution in [3.05, 3.63) is 0 Å². The van der Waals surface area contributed by atoms with Gasteiger partial charge >= 0.3 is 0 Å². The third kappa shape index (κ3) is 4.44. The van der Waals surface area contributed by atoms with Crippen LogP contribution in [0.1, 0.15) is 59.8 Å². The number of rotatable bonds is 4. The van der Waals surface area contributed by atoms with Crippen LogP contribution >= 0.6 is 0 Å². The lowest BCUT2D eigenvalue weighted by Gasteiger charge is -2.49. The van der Waals surface area contributed by atoms with Crippen molar-refractivity contribution in [3.63, 3.8) is 0 Å². The zero-order valence-corrected chi connectivity index (χ0v) is 17.8. The SMILES string of the molecule is CC(=O)N1CCN(C)C(C(C)CC2CCC3C(C(C)C)CCCN3C2)C1. The highest BCUT2D eigenvalue weighted by atomic mass is 16.2. The monoisotopic (exact) mass is 363 g/mol. The van der Waals surface area contributed by atoms with E-state index >= 15 is 0 Å². The van der Waals surface area contributed by atoms with E-state index in [2.05, 4.69) is 42.5 Å². The van der Waals surface area contributed by atoms with E-state index in [0.717, 1.165) is 43.4 Å². The fourth-order valence-corrected chi connectivity index (χ4v) is 6.07. The van der Waals surface area contributed by atoms with Crippen LogP contribution in [0.5, 0.6) is 0 Å². The van der Waals surface area contributed by atoms with Gasteiger partial charge in [-0.2, -0.15) is 0 Å². The normalized spacial score (nSPS) is 35.4. The van der Waals surface area contributed by atoms with Gasteiger partial charge in [-0.25, -0.2) is 0 Å². The standard InChI is InChI=1S/C22H41N3O/c1-16(2)20-7-6-10-25-14-19(8-9-21(20)25)13-17(3)22-15-24(18(4)26)12-11-23(22)5/h16-17,19-22H,6-15H2,1-5H3. The number of amides is 1. The summed E-state index contributed by atoms with van der Waals surface area (Å²) in [7, 11) is 2.24. The molecular weight excluding hydrogens is 322 g/mol. The molecule has 3 aliphatic rings. The van der Waals surface area contributed by atoms with Gasteiger partial charge in [-0.05, 0) is 69.4 Å². The summed E-state index contributed by atoms with van der Waals surface area (Å²) in [4.78, 5) is 19.2. The van der Waals surface area contributed by atoms with Crippen molar-refractivity contribution in [1.29, 1.82) is 0 Å². The summed E-state index contributed by atoms with van der Waals surface area (Å²) in [6.07, 6.45) is 6.95. The van der Waals surface area contributed by atoms with Gasteiger partial charge in [0.05, 0.1) is 0 Å². The van der Waals surface area contributed by atoms with Crippen molar-refractivity contribution in [1.82, 2.24) is 14.7 Å². The number of nitrogens with zero attached hydrogens (tertiary/aromatic N) is 3. The molecule has 0 aliphatic carbocycles. The highest BCUT2D eigenvalue weighted by Crippen LogP contribution is 2.38. The van der Waals surface area contributed by atoms with Gasteiger partial charge in [0.25, 0.3) is 0 Å². The van der Waals surface area contributed by atoms with E-state index in [1.165, 1.54) is 45.2 Å². The molecule has 3 heterocycles. The largest absolute Gasteiger partial charge is 0.340 e. The molecule has 150 valence electrons. The van der Waals surface area contributed by atoms with Gasteiger partial charge in [0, 0.05) is 45.2 Å². The highest BCUT2D eigenvalue weighted by Gasteiger charge is 2.38. The van der Waals surface area contributed by atoms with E-state index in [1.807, 2.05) is 0 Å². The summed E-state index contributed by atoms with van der Waals surface area (Å²) in [5.41, 5.74) is 0. The quantitative estimate of drug-likeness (QED) is 0.767. The van der Waals surface area contributed by atoms with Crippen LogP contribution in [0.25, 0.3) is 0 Å². The molecule has 0 spiro atoms. The Bertz CT molecular complexity index is 480. The number of likely N-dealkylation sites (N-methyl/N-ethyl adjacent to an activating group) is 1. The third-order valence-corrected chi connectivity index (χ3v) is 7.67. The predicted octanol–water partition coefficient (Wildman–Crippen LogP) is 3.32. The molecule has 0 saturated carbocycles. The number of fused-ring (bicyclic) bond motifs is 1. The average molecular weight is 364 g/mol. The molecule has 0 aromatic carbocycles. The van der Waals surface area contributed by atoms with Gasteiger partial charge < -0.3 is 4.90 Å². The topological polar surface area (TPSA) is 26.8 Å². The zero-order chi connectivity index (χ0) is 18.8. The molecule has 4 nitrogen and oxygen atoms in total. The number of piperazine rings is 1. The first-order valence-electron chi connectivity index (χ1n) is 11.1.